The highest BCUT2D eigenvalue weighted by atomic mass is 32.2. The van der Waals surface area contributed by atoms with E-state index in [4.69, 9.17) is 4.74 Å². The summed E-state index contributed by atoms with van der Waals surface area (Å²) in [4.78, 5) is 22.6. The average Bonchev–Trinajstić information content (AvgIpc) is 2.66. The fourth-order valence-electron chi connectivity index (χ4n) is 2.49. The predicted octanol–water partition coefficient (Wildman–Crippen LogP) is 2.43. The monoisotopic (exact) mass is 407 g/mol. The number of carbonyl (C=O) groups excluding carboxylic acids is 1. The first-order valence-corrected chi connectivity index (χ1v) is 9.73. The molecule has 28 heavy (non-hydrogen) atoms. The van der Waals surface area contributed by atoms with Crippen LogP contribution in [0.5, 0.6) is 5.75 Å². The summed E-state index contributed by atoms with van der Waals surface area (Å²) in [7, 11) is 0.722. The predicted molar refractivity (Wildman–Crippen MR) is 104 cm³/mol. The summed E-state index contributed by atoms with van der Waals surface area (Å²) in [6.45, 7) is 0. The van der Waals surface area contributed by atoms with Gasteiger partial charge in [0.2, 0.25) is 15.9 Å². The number of sulfonamides is 1. The fourth-order valence-corrected chi connectivity index (χ4v) is 3.44. The number of amides is 1. The number of methoxy groups -OCH3 is 1. The molecule has 10 heteroatoms. The van der Waals surface area contributed by atoms with Crippen molar-refractivity contribution >= 4 is 27.3 Å². The van der Waals surface area contributed by atoms with Crippen LogP contribution in [-0.2, 0) is 21.2 Å². The molecule has 1 amide bonds. The van der Waals surface area contributed by atoms with Crippen molar-refractivity contribution < 1.29 is 22.9 Å². The number of hydrogen-bond acceptors (Lipinski definition) is 6. The quantitative estimate of drug-likeness (QED) is 0.530. The number of hydrogen-bond donors (Lipinski definition) is 1. The molecule has 0 spiro atoms. The van der Waals surface area contributed by atoms with E-state index in [1.54, 1.807) is 12.1 Å². The summed E-state index contributed by atoms with van der Waals surface area (Å²) in [6.07, 6.45) is 0.283. The molecule has 0 aliphatic heterocycles. The van der Waals surface area contributed by atoms with Gasteiger partial charge >= 0.3 is 0 Å². The molecule has 2 aromatic rings. The molecule has 2 rings (SSSR count). The minimum atomic E-state index is -3.61. The van der Waals surface area contributed by atoms with E-state index >= 15 is 0 Å². The van der Waals surface area contributed by atoms with E-state index in [-0.39, 0.29) is 29.3 Å². The molecule has 0 saturated heterocycles. The maximum atomic E-state index is 12.3. The van der Waals surface area contributed by atoms with E-state index in [9.17, 15) is 23.3 Å². The lowest BCUT2D eigenvalue weighted by Crippen LogP contribution is -2.22. The number of nitrogens with one attached hydrogen (secondary N) is 1. The molecule has 1 N–H and O–H groups in total. The summed E-state index contributed by atoms with van der Waals surface area (Å²) in [6, 6.07) is 10.1. The van der Waals surface area contributed by atoms with Crippen LogP contribution in [0.1, 0.15) is 12.0 Å². The molecule has 0 atom stereocenters. The van der Waals surface area contributed by atoms with Crippen LogP contribution in [0.3, 0.4) is 0 Å². The van der Waals surface area contributed by atoms with Crippen LogP contribution in [0.25, 0.3) is 0 Å². The third-order valence-electron chi connectivity index (χ3n) is 3.99. The number of benzene rings is 2. The first-order valence-electron chi connectivity index (χ1n) is 8.29. The molecular formula is C18H21N3O6S. The molecule has 2 aromatic carbocycles. The van der Waals surface area contributed by atoms with Crippen molar-refractivity contribution in [3.05, 3.63) is 58.1 Å². The van der Waals surface area contributed by atoms with Crippen LogP contribution >= 0.6 is 0 Å². The average molecular weight is 407 g/mol. The highest BCUT2D eigenvalue weighted by Gasteiger charge is 2.19. The number of ether oxygens (including phenoxy) is 1. The molecule has 0 aromatic heterocycles. The lowest BCUT2D eigenvalue weighted by atomic mass is 10.1. The zero-order chi connectivity index (χ0) is 20.9. The normalized spacial score (nSPS) is 11.3. The van der Waals surface area contributed by atoms with Gasteiger partial charge in [0.05, 0.1) is 16.9 Å². The van der Waals surface area contributed by atoms with Crippen LogP contribution in [-0.4, -0.2) is 44.8 Å². The van der Waals surface area contributed by atoms with Gasteiger partial charge in [0.25, 0.3) is 5.69 Å². The zero-order valence-corrected chi connectivity index (χ0v) is 16.5. The number of rotatable bonds is 8. The minimum Gasteiger partial charge on any atom is -0.496 e. The SMILES string of the molecule is COc1ccc(S(=O)(=O)N(C)C)cc1CCC(=O)Nc1cccc([N+](=O)[O-])c1. The van der Waals surface area contributed by atoms with Gasteiger partial charge in [0.1, 0.15) is 5.75 Å². The third kappa shape index (κ3) is 5.05. The zero-order valence-electron chi connectivity index (χ0n) is 15.7. The first-order chi connectivity index (χ1) is 13.1. The summed E-state index contributed by atoms with van der Waals surface area (Å²) >= 11 is 0. The molecular weight excluding hydrogens is 386 g/mol. The molecule has 9 nitrogen and oxygen atoms in total. The number of anilines is 1. The summed E-state index contributed by atoms with van der Waals surface area (Å²) in [5.74, 6) is 0.115. The molecule has 0 aliphatic rings. The van der Waals surface area contributed by atoms with E-state index in [1.807, 2.05) is 0 Å². The van der Waals surface area contributed by atoms with Crippen molar-refractivity contribution in [1.29, 1.82) is 0 Å². The summed E-state index contributed by atoms with van der Waals surface area (Å²) in [5.41, 5.74) is 0.760. The van der Waals surface area contributed by atoms with E-state index in [1.165, 1.54) is 51.5 Å². The van der Waals surface area contributed by atoms with Crippen LogP contribution < -0.4 is 10.1 Å². The van der Waals surface area contributed by atoms with Gasteiger partial charge in [0, 0.05) is 38.3 Å². The Morgan fingerprint density at radius 2 is 1.93 bits per heavy atom. The lowest BCUT2D eigenvalue weighted by Gasteiger charge is -2.14. The van der Waals surface area contributed by atoms with Crippen molar-refractivity contribution in [1.82, 2.24) is 4.31 Å². The van der Waals surface area contributed by atoms with Gasteiger partial charge in [-0.2, -0.15) is 0 Å². The number of carbonyl (C=O) groups is 1. The number of nitro benzene ring substituents is 1. The van der Waals surface area contributed by atoms with Gasteiger partial charge in [-0.1, -0.05) is 6.07 Å². The second kappa shape index (κ2) is 8.81. The van der Waals surface area contributed by atoms with Crippen molar-refractivity contribution in [3.8, 4) is 5.75 Å². The molecule has 0 saturated carbocycles. The Hall–Kier alpha value is -2.98. The standard InChI is InChI=1S/C18H21N3O6S/c1-20(2)28(25,26)16-8-9-17(27-3)13(11-16)7-10-18(22)19-14-5-4-6-15(12-14)21(23)24/h4-6,8-9,11-12H,7,10H2,1-3H3,(H,19,22). The van der Waals surface area contributed by atoms with E-state index < -0.39 is 14.9 Å². The number of nitro groups is 1. The van der Waals surface area contributed by atoms with Crippen LogP contribution in [0.4, 0.5) is 11.4 Å². The first kappa shape index (κ1) is 21.3. The summed E-state index contributed by atoms with van der Waals surface area (Å²) in [5, 5.41) is 13.4. The second-order valence-electron chi connectivity index (χ2n) is 6.12. The Balaban J connectivity index is 2.14. The van der Waals surface area contributed by atoms with Gasteiger partial charge in [-0.3, -0.25) is 14.9 Å². The largest absolute Gasteiger partial charge is 0.496 e. The van der Waals surface area contributed by atoms with Gasteiger partial charge in [0.15, 0.2) is 0 Å². The number of non-ortho nitro benzene ring substituents is 1. The Morgan fingerprint density at radius 3 is 2.54 bits per heavy atom. The van der Waals surface area contributed by atoms with E-state index in [0.717, 1.165) is 4.31 Å². The van der Waals surface area contributed by atoms with Gasteiger partial charge in [-0.15, -0.1) is 0 Å². The highest BCUT2D eigenvalue weighted by Crippen LogP contribution is 2.25. The number of nitrogens with zero attached hydrogens (tertiary/aromatic N) is 2. The molecule has 0 heterocycles. The van der Waals surface area contributed by atoms with Crippen LogP contribution in [0, 0.1) is 10.1 Å². The highest BCUT2D eigenvalue weighted by molar-refractivity contribution is 7.89. The Kier molecular flexibility index (Phi) is 6.71. The van der Waals surface area contributed by atoms with Crippen molar-refractivity contribution in [3.63, 3.8) is 0 Å². The van der Waals surface area contributed by atoms with Crippen LogP contribution in [0.15, 0.2) is 47.4 Å². The maximum Gasteiger partial charge on any atom is 0.271 e. The van der Waals surface area contributed by atoms with E-state index in [0.29, 0.717) is 17.0 Å². The van der Waals surface area contributed by atoms with Gasteiger partial charge in [-0.25, -0.2) is 12.7 Å². The van der Waals surface area contributed by atoms with Crippen molar-refractivity contribution in [2.45, 2.75) is 17.7 Å². The molecule has 0 unspecified atom stereocenters. The smallest absolute Gasteiger partial charge is 0.271 e. The lowest BCUT2D eigenvalue weighted by molar-refractivity contribution is -0.384. The maximum absolute atomic E-state index is 12.3. The molecule has 0 bridgehead atoms. The topological polar surface area (TPSA) is 119 Å². The molecule has 150 valence electrons. The van der Waals surface area contributed by atoms with Gasteiger partial charge < -0.3 is 10.1 Å². The Bertz CT molecular complexity index is 989. The second-order valence-corrected chi connectivity index (χ2v) is 8.27. The molecule has 0 radical (unpaired) electrons. The minimum absolute atomic E-state index is 0.0461. The van der Waals surface area contributed by atoms with Gasteiger partial charge in [-0.05, 0) is 36.2 Å². The van der Waals surface area contributed by atoms with E-state index in [2.05, 4.69) is 5.32 Å². The van der Waals surface area contributed by atoms with Crippen LogP contribution in [0.2, 0.25) is 0 Å². The molecule has 0 aliphatic carbocycles. The Labute approximate surface area is 163 Å². The summed E-state index contributed by atoms with van der Waals surface area (Å²) < 4.78 is 31.0. The van der Waals surface area contributed by atoms with Crippen molar-refractivity contribution in [2.75, 3.05) is 26.5 Å². The fraction of sp³-hybridized carbons (Fsp3) is 0.278. The molecule has 0 fully saturated rings. The Morgan fingerprint density at radius 1 is 1.21 bits per heavy atom. The third-order valence-corrected chi connectivity index (χ3v) is 5.80. The van der Waals surface area contributed by atoms with Crippen molar-refractivity contribution in [2.24, 2.45) is 0 Å². The number of aryl methyl sites for hydroxylation is 1.